The fourth-order valence-electron chi connectivity index (χ4n) is 6.88. The third-order valence-corrected chi connectivity index (χ3v) is 11.1. The lowest BCUT2D eigenvalue weighted by Gasteiger charge is -2.09. The van der Waals surface area contributed by atoms with E-state index in [1.807, 2.05) is 0 Å². The van der Waals surface area contributed by atoms with Crippen LogP contribution in [0.2, 0.25) is 0 Å². The Hall–Kier alpha value is -0.800. The molecule has 0 saturated carbocycles. The highest BCUT2D eigenvalue weighted by molar-refractivity contribution is 4.51. The number of hydrogen-bond acceptors (Lipinski definition) is 20. The molecule has 76 heavy (non-hydrogen) atoms. The minimum Gasteiger partial charge on any atom is -0.394 e. The topological polar surface area (TPSA) is 196 Å². The molecule has 0 rings (SSSR count). The zero-order valence-electron chi connectivity index (χ0n) is 48.1. The van der Waals surface area contributed by atoms with Gasteiger partial charge in [-0.05, 0) is 6.42 Å². The first kappa shape index (κ1) is 75.2. The Balaban J connectivity index is 3.07. The maximum atomic E-state index is 8.61. The number of hydrogen-bond donors (Lipinski definition) is 1. The Morgan fingerprint density at radius 1 is 0.145 bits per heavy atom. The molecule has 0 aliphatic heterocycles. The van der Waals surface area contributed by atoms with Gasteiger partial charge in [0.15, 0.2) is 0 Å². The van der Waals surface area contributed by atoms with Crippen molar-refractivity contribution in [2.75, 3.05) is 258 Å². The second kappa shape index (κ2) is 74.2. The lowest BCUT2D eigenvalue weighted by atomic mass is 10.0. The van der Waals surface area contributed by atoms with Crippen molar-refractivity contribution in [2.45, 2.75) is 110 Å². The van der Waals surface area contributed by atoms with Crippen molar-refractivity contribution in [3.63, 3.8) is 0 Å². The van der Waals surface area contributed by atoms with Gasteiger partial charge in [-0.3, -0.25) is 0 Å². The molecular formula is C56H114O20. The summed E-state index contributed by atoms with van der Waals surface area (Å²) in [6.07, 6.45) is 22.1. The molecule has 0 unspecified atom stereocenters. The first-order valence-corrected chi connectivity index (χ1v) is 29.5. The smallest absolute Gasteiger partial charge is 0.0701 e. The summed E-state index contributed by atoms with van der Waals surface area (Å²) in [5.74, 6) is 0. The highest BCUT2D eigenvalue weighted by atomic mass is 16.6. The number of unbranched alkanes of at least 4 members (excludes halogenated alkanes) is 15. The van der Waals surface area contributed by atoms with Gasteiger partial charge >= 0.3 is 0 Å². The van der Waals surface area contributed by atoms with Gasteiger partial charge in [0.1, 0.15) is 0 Å². The standard InChI is InChI=1S/C56H114O20/c1-2-3-4-5-6-7-8-9-10-11-12-13-14-15-16-17-19-58-21-23-60-25-27-62-29-31-64-33-35-66-37-39-68-41-43-70-45-47-72-49-51-74-53-55-76-56-54-75-52-50-73-48-46-71-44-42-69-40-38-67-36-34-65-32-30-63-28-26-61-24-22-59-20-18-57/h57H,2-56H2,1H3. The molecular weight excluding hydrogens is 993 g/mol. The molecule has 0 bridgehead atoms. The molecule has 0 aromatic heterocycles. The Bertz CT molecular complexity index is 908. The summed E-state index contributed by atoms with van der Waals surface area (Å²) in [5, 5.41) is 8.61. The van der Waals surface area contributed by atoms with Gasteiger partial charge in [0.2, 0.25) is 0 Å². The van der Waals surface area contributed by atoms with Crippen molar-refractivity contribution in [1.82, 2.24) is 0 Å². The maximum Gasteiger partial charge on any atom is 0.0701 e. The monoisotopic (exact) mass is 1110 g/mol. The SMILES string of the molecule is CCCCCCCCCCCCCCCCCCOCCOCCOCCOCCOCCOCCOCCOCCOCCOCCOCCOCCOCCOCCOCCOCCOCCOCCOCCO. The van der Waals surface area contributed by atoms with Crippen LogP contribution < -0.4 is 0 Å². The van der Waals surface area contributed by atoms with E-state index < -0.39 is 0 Å². The van der Waals surface area contributed by atoms with Gasteiger partial charge in [-0.25, -0.2) is 0 Å². The molecule has 0 heterocycles. The molecule has 20 heteroatoms. The van der Waals surface area contributed by atoms with E-state index in [4.69, 9.17) is 95.1 Å². The van der Waals surface area contributed by atoms with Crippen LogP contribution in [-0.4, -0.2) is 263 Å². The minimum absolute atomic E-state index is 0.0208. The van der Waals surface area contributed by atoms with Gasteiger partial charge in [0.25, 0.3) is 0 Å². The summed E-state index contributed by atoms with van der Waals surface area (Å²) < 4.78 is 104. The van der Waals surface area contributed by atoms with Crippen molar-refractivity contribution in [2.24, 2.45) is 0 Å². The Labute approximate surface area is 461 Å². The second-order valence-electron chi connectivity index (χ2n) is 17.7. The van der Waals surface area contributed by atoms with Crippen LogP contribution in [0.4, 0.5) is 0 Å². The maximum absolute atomic E-state index is 8.61. The van der Waals surface area contributed by atoms with Crippen LogP contribution in [0.1, 0.15) is 110 Å². The molecule has 0 saturated heterocycles. The third kappa shape index (κ3) is 73.2. The van der Waals surface area contributed by atoms with Crippen molar-refractivity contribution >= 4 is 0 Å². The van der Waals surface area contributed by atoms with Gasteiger partial charge in [-0.15, -0.1) is 0 Å². The Kier molecular flexibility index (Phi) is 73.4. The Morgan fingerprint density at radius 2 is 0.263 bits per heavy atom. The van der Waals surface area contributed by atoms with Crippen LogP contribution >= 0.6 is 0 Å². The zero-order chi connectivity index (χ0) is 54.3. The average Bonchev–Trinajstić information content (AvgIpc) is 3.43. The average molecular weight is 1110 g/mol. The first-order chi connectivity index (χ1) is 37.9. The van der Waals surface area contributed by atoms with Crippen molar-refractivity contribution in [1.29, 1.82) is 0 Å². The summed E-state index contributed by atoms with van der Waals surface area (Å²) in [7, 11) is 0. The molecule has 0 aliphatic rings. The van der Waals surface area contributed by atoms with Gasteiger partial charge in [-0.2, -0.15) is 0 Å². The largest absolute Gasteiger partial charge is 0.394 e. The van der Waals surface area contributed by atoms with E-state index in [0.717, 1.165) is 13.0 Å². The fraction of sp³-hybridized carbons (Fsp3) is 1.00. The van der Waals surface area contributed by atoms with E-state index in [0.29, 0.717) is 244 Å². The quantitative estimate of drug-likeness (QED) is 0.0643. The minimum atomic E-state index is 0.0208. The van der Waals surface area contributed by atoms with E-state index in [2.05, 4.69) is 6.92 Å². The highest BCUT2D eigenvalue weighted by Crippen LogP contribution is 2.14. The lowest BCUT2D eigenvalue weighted by Crippen LogP contribution is -2.16. The fourth-order valence-corrected chi connectivity index (χ4v) is 6.88. The summed E-state index contributed by atoms with van der Waals surface area (Å²) in [6, 6.07) is 0. The van der Waals surface area contributed by atoms with E-state index in [1.54, 1.807) is 0 Å². The van der Waals surface area contributed by atoms with Crippen LogP contribution in [0.25, 0.3) is 0 Å². The van der Waals surface area contributed by atoms with Crippen LogP contribution in [-0.2, 0) is 90.0 Å². The number of rotatable bonds is 73. The van der Waals surface area contributed by atoms with Crippen molar-refractivity contribution in [3.05, 3.63) is 0 Å². The van der Waals surface area contributed by atoms with Crippen molar-refractivity contribution in [3.8, 4) is 0 Å². The Morgan fingerprint density at radius 3 is 0.408 bits per heavy atom. The van der Waals surface area contributed by atoms with Crippen molar-refractivity contribution < 1.29 is 95.1 Å². The molecule has 0 radical (unpaired) electrons. The van der Waals surface area contributed by atoms with Crippen LogP contribution in [0.5, 0.6) is 0 Å². The predicted molar refractivity (Wildman–Crippen MR) is 292 cm³/mol. The van der Waals surface area contributed by atoms with Gasteiger partial charge in [0, 0.05) is 6.61 Å². The van der Waals surface area contributed by atoms with E-state index in [9.17, 15) is 0 Å². The molecule has 20 nitrogen and oxygen atoms in total. The second-order valence-corrected chi connectivity index (χ2v) is 17.7. The van der Waals surface area contributed by atoms with E-state index in [1.165, 1.54) is 96.3 Å². The summed E-state index contributed by atoms with van der Waals surface area (Å²) >= 11 is 0. The van der Waals surface area contributed by atoms with E-state index >= 15 is 0 Å². The normalized spacial score (nSPS) is 11.8. The molecule has 0 aromatic rings. The molecule has 0 aliphatic carbocycles. The predicted octanol–water partition coefficient (Wildman–Crippen LogP) is 6.56. The molecule has 0 spiro atoms. The van der Waals surface area contributed by atoms with Crippen LogP contribution in [0.15, 0.2) is 0 Å². The van der Waals surface area contributed by atoms with Crippen LogP contribution in [0.3, 0.4) is 0 Å². The molecule has 0 atom stereocenters. The molecule has 0 fully saturated rings. The zero-order valence-corrected chi connectivity index (χ0v) is 48.1. The van der Waals surface area contributed by atoms with Gasteiger partial charge in [0.05, 0.1) is 251 Å². The summed E-state index contributed by atoms with van der Waals surface area (Å²) in [6.45, 7) is 21.8. The van der Waals surface area contributed by atoms with Crippen LogP contribution in [0, 0.1) is 0 Å². The summed E-state index contributed by atoms with van der Waals surface area (Å²) in [4.78, 5) is 0. The summed E-state index contributed by atoms with van der Waals surface area (Å²) in [5.41, 5.74) is 0. The third-order valence-electron chi connectivity index (χ3n) is 11.1. The number of aliphatic hydroxyl groups excluding tert-OH is 1. The number of ether oxygens (including phenoxy) is 19. The molecule has 1 N–H and O–H groups in total. The lowest BCUT2D eigenvalue weighted by molar-refractivity contribution is -0.0313. The first-order valence-electron chi connectivity index (χ1n) is 29.5. The van der Waals surface area contributed by atoms with E-state index in [-0.39, 0.29) is 6.61 Å². The van der Waals surface area contributed by atoms with Gasteiger partial charge < -0.3 is 95.1 Å². The molecule has 458 valence electrons. The molecule has 0 amide bonds. The molecule has 0 aromatic carbocycles. The number of aliphatic hydroxyl groups is 1. The highest BCUT2D eigenvalue weighted by Gasteiger charge is 2.00. The van der Waals surface area contributed by atoms with Gasteiger partial charge in [-0.1, -0.05) is 103 Å².